The van der Waals surface area contributed by atoms with Crippen molar-refractivity contribution in [3.05, 3.63) is 0 Å². The molecule has 0 bridgehead atoms. The van der Waals surface area contributed by atoms with Gasteiger partial charge in [-0.05, 0) is 39.2 Å². The number of nitrogens with one attached hydrogen (secondary N) is 2. The van der Waals surface area contributed by atoms with E-state index in [4.69, 9.17) is 0 Å². The molecule has 1 aliphatic heterocycles. The molecule has 2 atom stereocenters. The van der Waals surface area contributed by atoms with Gasteiger partial charge in [-0.1, -0.05) is 25.7 Å². The quantitative estimate of drug-likeness (QED) is 0.747. The van der Waals surface area contributed by atoms with E-state index < -0.39 is 0 Å². The molecule has 2 unspecified atom stereocenters. The lowest BCUT2D eigenvalue weighted by molar-refractivity contribution is 0.274. The summed E-state index contributed by atoms with van der Waals surface area (Å²) < 4.78 is 0. The average molecular weight is 210 g/mol. The third-order valence-corrected chi connectivity index (χ3v) is 4.06. The molecule has 2 N–H and O–H groups in total. The van der Waals surface area contributed by atoms with E-state index in [-0.39, 0.29) is 0 Å². The number of rotatable bonds is 3. The molecule has 1 saturated heterocycles. The van der Waals surface area contributed by atoms with E-state index in [0.29, 0.717) is 6.04 Å². The van der Waals surface area contributed by atoms with Gasteiger partial charge in [-0.2, -0.15) is 0 Å². The predicted molar refractivity (Wildman–Crippen MR) is 65.1 cm³/mol. The van der Waals surface area contributed by atoms with Gasteiger partial charge in [0, 0.05) is 18.1 Å². The molecule has 2 fully saturated rings. The highest BCUT2D eigenvalue weighted by atomic mass is 15.0. The molecule has 88 valence electrons. The van der Waals surface area contributed by atoms with Crippen LogP contribution < -0.4 is 10.6 Å². The minimum atomic E-state index is 0.661. The third-order valence-electron chi connectivity index (χ3n) is 4.06. The van der Waals surface area contributed by atoms with E-state index in [2.05, 4.69) is 17.6 Å². The minimum Gasteiger partial charge on any atom is -0.312 e. The summed E-state index contributed by atoms with van der Waals surface area (Å²) in [6.07, 6.45) is 11.3. The van der Waals surface area contributed by atoms with Crippen molar-refractivity contribution >= 4 is 0 Å². The van der Waals surface area contributed by atoms with Gasteiger partial charge in [0.05, 0.1) is 0 Å². The number of hydrogen-bond acceptors (Lipinski definition) is 2. The Morgan fingerprint density at radius 1 is 1.00 bits per heavy atom. The Hall–Kier alpha value is -0.0800. The van der Waals surface area contributed by atoms with Crippen molar-refractivity contribution < 1.29 is 0 Å². The Morgan fingerprint density at radius 2 is 1.73 bits per heavy atom. The Morgan fingerprint density at radius 3 is 2.40 bits per heavy atom. The fourth-order valence-corrected chi connectivity index (χ4v) is 3.06. The fraction of sp³-hybridized carbons (Fsp3) is 1.00. The average Bonchev–Trinajstić information content (AvgIpc) is 2.31. The summed E-state index contributed by atoms with van der Waals surface area (Å²) >= 11 is 0. The van der Waals surface area contributed by atoms with Crippen LogP contribution in [0.25, 0.3) is 0 Å². The Balaban J connectivity index is 1.72. The molecule has 1 heterocycles. The van der Waals surface area contributed by atoms with Crippen LogP contribution in [0.2, 0.25) is 0 Å². The second-order valence-corrected chi connectivity index (χ2v) is 5.35. The first-order valence-corrected chi connectivity index (χ1v) is 6.86. The van der Waals surface area contributed by atoms with Crippen LogP contribution in [-0.4, -0.2) is 24.7 Å². The summed E-state index contributed by atoms with van der Waals surface area (Å²) in [4.78, 5) is 0. The zero-order valence-electron chi connectivity index (χ0n) is 10.1. The first-order valence-electron chi connectivity index (χ1n) is 6.86. The normalized spacial score (nSPS) is 31.4. The second-order valence-electron chi connectivity index (χ2n) is 5.35. The standard InChI is InChI=1S/C13H26N2/c1-11(13-9-5-6-10-14-13)15-12-7-3-2-4-8-12/h11-15H,2-10H2,1H3. The van der Waals surface area contributed by atoms with Gasteiger partial charge < -0.3 is 10.6 Å². The number of piperidine rings is 1. The van der Waals surface area contributed by atoms with Gasteiger partial charge in [0.2, 0.25) is 0 Å². The van der Waals surface area contributed by atoms with Crippen LogP contribution in [-0.2, 0) is 0 Å². The van der Waals surface area contributed by atoms with Crippen molar-refractivity contribution in [3.63, 3.8) is 0 Å². The SMILES string of the molecule is CC(NC1CCCCC1)C1CCCCN1. The summed E-state index contributed by atoms with van der Waals surface area (Å²) in [5, 5.41) is 7.47. The summed E-state index contributed by atoms with van der Waals surface area (Å²) in [6.45, 7) is 3.58. The molecule has 0 amide bonds. The molecular formula is C13H26N2. The highest BCUT2D eigenvalue weighted by molar-refractivity contribution is 4.85. The van der Waals surface area contributed by atoms with Crippen LogP contribution in [0.5, 0.6) is 0 Å². The van der Waals surface area contributed by atoms with E-state index in [0.717, 1.165) is 12.1 Å². The maximum Gasteiger partial charge on any atom is 0.0218 e. The molecular weight excluding hydrogens is 184 g/mol. The summed E-state index contributed by atoms with van der Waals surface area (Å²) in [5.41, 5.74) is 0. The topological polar surface area (TPSA) is 24.1 Å². The van der Waals surface area contributed by atoms with Gasteiger partial charge in [0.1, 0.15) is 0 Å². The van der Waals surface area contributed by atoms with E-state index in [1.165, 1.54) is 57.9 Å². The zero-order chi connectivity index (χ0) is 10.5. The van der Waals surface area contributed by atoms with Crippen molar-refractivity contribution in [2.75, 3.05) is 6.54 Å². The van der Waals surface area contributed by atoms with E-state index in [1.54, 1.807) is 0 Å². The van der Waals surface area contributed by atoms with Gasteiger partial charge in [-0.25, -0.2) is 0 Å². The van der Waals surface area contributed by atoms with E-state index in [1.807, 2.05) is 0 Å². The van der Waals surface area contributed by atoms with Gasteiger partial charge in [-0.3, -0.25) is 0 Å². The molecule has 1 aliphatic carbocycles. The van der Waals surface area contributed by atoms with Crippen molar-refractivity contribution in [2.45, 2.75) is 76.4 Å². The van der Waals surface area contributed by atoms with Gasteiger partial charge in [0.15, 0.2) is 0 Å². The van der Waals surface area contributed by atoms with Gasteiger partial charge in [-0.15, -0.1) is 0 Å². The Labute approximate surface area is 94.2 Å². The third kappa shape index (κ3) is 3.46. The predicted octanol–water partition coefficient (Wildman–Crippen LogP) is 2.44. The van der Waals surface area contributed by atoms with Crippen LogP contribution >= 0.6 is 0 Å². The maximum absolute atomic E-state index is 3.83. The largest absolute Gasteiger partial charge is 0.312 e. The minimum absolute atomic E-state index is 0.661. The van der Waals surface area contributed by atoms with Crippen LogP contribution in [0.15, 0.2) is 0 Å². The molecule has 0 aromatic carbocycles. The molecule has 2 nitrogen and oxygen atoms in total. The molecule has 2 rings (SSSR count). The highest BCUT2D eigenvalue weighted by Gasteiger charge is 2.22. The lowest BCUT2D eigenvalue weighted by Crippen LogP contribution is -2.51. The Bertz CT molecular complexity index is 169. The second kappa shape index (κ2) is 5.86. The lowest BCUT2D eigenvalue weighted by atomic mass is 9.93. The fourth-order valence-electron chi connectivity index (χ4n) is 3.06. The first kappa shape index (κ1) is 11.4. The Kier molecular flexibility index (Phi) is 4.45. The highest BCUT2D eigenvalue weighted by Crippen LogP contribution is 2.19. The van der Waals surface area contributed by atoms with Crippen LogP contribution in [0.1, 0.15) is 58.3 Å². The van der Waals surface area contributed by atoms with Crippen molar-refractivity contribution in [3.8, 4) is 0 Å². The van der Waals surface area contributed by atoms with Crippen LogP contribution in [0.3, 0.4) is 0 Å². The summed E-state index contributed by atoms with van der Waals surface area (Å²) in [6, 6.07) is 2.19. The molecule has 1 saturated carbocycles. The monoisotopic (exact) mass is 210 g/mol. The van der Waals surface area contributed by atoms with Crippen LogP contribution in [0, 0.1) is 0 Å². The van der Waals surface area contributed by atoms with Crippen molar-refractivity contribution in [1.82, 2.24) is 10.6 Å². The molecule has 0 radical (unpaired) electrons. The number of hydrogen-bond donors (Lipinski definition) is 2. The molecule has 0 aromatic rings. The molecule has 0 spiro atoms. The van der Waals surface area contributed by atoms with Crippen molar-refractivity contribution in [2.24, 2.45) is 0 Å². The summed E-state index contributed by atoms with van der Waals surface area (Å²) in [7, 11) is 0. The maximum atomic E-state index is 3.83. The molecule has 15 heavy (non-hydrogen) atoms. The lowest BCUT2D eigenvalue weighted by Gasteiger charge is -2.34. The molecule has 0 aromatic heterocycles. The van der Waals surface area contributed by atoms with Crippen molar-refractivity contribution in [1.29, 1.82) is 0 Å². The molecule has 2 aliphatic rings. The van der Waals surface area contributed by atoms with Crippen LogP contribution in [0.4, 0.5) is 0 Å². The first-order chi connectivity index (χ1) is 7.36. The summed E-state index contributed by atoms with van der Waals surface area (Å²) in [5.74, 6) is 0. The van der Waals surface area contributed by atoms with Gasteiger partial charge in [0.25, 0.3) is 0 Å². The molecule has 2 heteroatoms. The van der Waals surface area contributed by atoms with E-state index in [9.17, 15) is 0 Å². The van der Waals surface area contributed by atoms with E-state index >= 15 is 0 Å². The smallest absolute Gasteiger partial charge is 0.0218 e. The zero-order valence-corrected chi connectivity index (χ0v) is 10.1. The van der Waals surface area contributed by atoms with Gasteiger partial charge >= 0.3 is 0 Å².